The summed E-state index contributed by atoms with van der Waals surface area (Å²) in [5.74, 6) is 1.25. The average Bonchev–Trinajstić information content (AvgIpc) is 2.48. The van der Waals surface area contributed by atoms with E-state index in [1.54, 1.807) is 0 Å². The van der Waals surface area contributed by atoms with Gasteiger partial charge in [0.05, 0.1) is 11.9 Å². The van der Waals surface area contributed by atoms with E-state index in [4.69, 9.17) is 16.3 Å². The number of nitrogens with zero attached hydrogens (tertiary/aromatic N) is 2. The van der Waals surface area contributed by atoms with Gasteiger partial charge in [-0.2, -0.15) is 0 Å². The molecule has 0 spiro atoms. The Hall–Kier alpha value is -1.99. The van der Waals surface area contributed by atoms with Gasteiger partial charge in [-0.05, 0) is 24.1 Å². The summed E-state index contributed by atoms with van der Waals surface area (Å²) in [6.45, 7) is 0.782. The fraction of sp³-hybridized carbons (Fsp3) is 0.214. The molecule has 1 aromatic carbocycles. The maximum absolute atomic E-state index is 11.5. The monoisotopic (exact) mass is 334 g/mol. The molecule has 1 amide bonds. The van der Waals surface area contributed by atoms with E-state index in [2.05, 4.69) is 20.6 Å². The Kier molecular flexibility index (Phi) is 3.31. The highest BCUT2D eigenvalue weighted by molar-refractivity contribution is 7.99. The number of rotatable bonds is 0. The van der Waals surface area contributed by atoms with Crippen LogP contribution in [-0.2, 0) is 11.2 Å². The van der Waals surface area contributed by atoms with Gasteiger partial charge in [0.15, 0.2) is 12.4 Å². The summed E-state index contributed by atoms with van der Waals surface area (Å²) in [6.07, 6.45) is 2.35. The molecular formula is C14H11ClN4O2S. The second-order valence-corrected chi connectivity index (χ2v) is 6.34. The van der Waals surface area contributed by atoms with Crippen LogP contribution in [0.3, 0.4) is 0 Å². The standard InChI is InChI=1S/C14H11ClN4O2S/c15-11-5-17-14-13(19-11)16-2-1-7-3-9-8(4-10(7)22-14)18-12(20)6-21-9/h3-5H,1-2,6H2,(H,16,19)(H,18,20). The van der Waals surface area contributed by atoms with Gasteiger partial charge >= 0.3 is 0 Å². The lowest BCUT2D eigenvalue weighted by molar-refractivity contribution is -0.118. The van der Waals surface area contributed by atoms with Crippen LogP contribution in [-0.4, -0.2) is 29.0 Å². The van der Waals surface area contributed by atoms with Crippen molar-refractivity contribution in [1.29, 1.82) is 0 Å². The first kappa shape index (κ1) is 13.7. The minimum absolute atomic E-state index is 0.0595. The predicted molar refractivity (Wildman–Crippen MR) is 83.9 cm³/mol. The van der Waals surface area contributed by atoms with Gasteiger partial charge in [-0.25, -0.2) is 9.97 Å². The van der Waals surface area contributed by atoms with Gasteiger partial charge in [0.25, 0.3) is 5.91 Å². The SMILES string of the molecule is O=C1COc2cc3c(cc2N1)Sc1ncc(Cl)nc1NCC3. The van der Waals surface area contributed by atoms with Gasteiger partial charge in [0.2, 0.25) is 0 Å². The van der Waals surface area contributed by atoms with E-state index in [1.165, 1.54) is 18.0 Å². The third-order valence-corrected chi connectivity index (χ3v) is 4.67. The lowest BCUT2D eigenvalue weighted by Gasteiger charge is -2.22. The minimum atomic E-state index is -0.142. The Bertz CT molecular complexity index is 784. The Morgan fingerprint density at radius 1 is 1.36 bits per heavy atom. The molecule has 112 valence electrons. The molecule has 8 heteroatoms. The lowest BCUT2D eigenvalue weighted by Crippen LogP contribution is -2.25. The maximum Gasteiger partial charge on any atom is 0.262 e. The zero-order chi connectivity index (χ0) is 15.1. The van der Waals surface area contributed by atoms with Crippen molar-refractivity contribution in [1.82, 2.24) is 9.97 Å². The van der Waals surface area contributed by atoms with E-state index < -0.39 is 0 Å². The molecule has 0 aliphatic carbocycles. The van der Waals surface area contributed by atoms with Crippen molar-refractivity contribution >= 4 is 40.8 Å². The number of hydrogen-bond donors (Lipinski definition) is 2. The van der Waals surface area contributed by atoms with Crippen LogP contribution in [0.2, 0.25) is 5.15 Å². The molecule has 2 N–H and O–H groups in total. The van der Waals surface area contributed by atoms with Crippen molar-refractivity contribution in [2.24, 2.45) is 0 Å². The Morgan fingerprint density at radius 3 is 3.18 bits per heavy atom. The number of ether oxygens (including phenoxy) is 1. The van der Waals surface area contributed by atoms with Crippen molar-refractivity contribution < 1.29 is 9.53 Å². The van der Waals surface area contributed by atoms with E-state index in [0.29, 0.717) is 22.4 Å². The molecule has 2 aromatic rings. The van der Waals surface area contributed by atoms with Gasteiger partial charge in [-0.15, -0.1) is 0 Å². The summed E-state index contributed by atoms with van der Waals surface area (Å²) in [6, 6.07) is 3.91. The minimum Gasteiger partial charge on any atom is -0.482 e. The van der Waals surface area contributed by atoms with Crippen LogP contribution in [0.15, 0.2) is 28.3 Å². The highest BCUT2D eigenvalue weighted by Gasteiger charge is 2.21. The molecule has 0 atom stereocenters. The highest BCUT2D eigenvalue weighted by Crippen LogP contribution is 2.40. The molecule has 0 unspecified atom stereocenters. The molecule has 4 rings (SSSR count). The van der Waals surface area contributed by atoms with Crippen LogP contribution in [0.1, 0.15) is 5.56 Å². The molecule has 3 heterocycles. The van der Waals surface area contributed by atoms with Crippen molar-refractivity contribution in [3.8, 4) is 5.75 Å². The first-order valence-corrected chi connectivity index (χ1v) is 7.92. The number of carbonyl (C=O) groups excluding carboxylic acids is 1. The van der Waals surface area contributed by atoms with Crippen molar-refractivity contribution in [2.75, 3.05) is 23.8 Å². The Balaban J connectivity index is 1.77. The third kappa shape index (κ3) is 2.46. The quantitative estimate of drug-likeness (QED) is 0.771. The Morgan fingerprint density at radius 2 is 2.27 bits per heavy atom. The van der Waals surface area contributed by atoms with E-state index in [1.807, 2.05) is 12.1 Å². The molecule has 2 aliphatic rings. The molecule has 1 aromatic heterocycles. The van der Waals surface area contributed by atoms with Gasteiger partial charge in [-0.3, -0.25) is 4.79 Å². The second-order valence-electron chi connectivity index (χ2n) is 4.92. The molecular weight excluding hydrogens is 324 g/mol. The summed E-state index contributed by atoms with van der Waals surface area (Å²) in [5, 5.41) is 7.19. The number of nitrogens with one attached hydrogen (secondary N) is 2. The van der Waals surface area contributed by atoms with Crippen molar-refractivity contribution in [3.63, 3.8) is 0 Å². The van der Waals surface area contributed by atoms with Crippen LogP contribution in [0.4, 0.5) is 11.5 Å². The molecule has 0 bridgehead atoms. The number of aromatic nitrogens is 2. The van der Waals surface area contributed by atoms with E-state index in [-0.39, 0.29) is 12.5 Å². The molecule has 2 aliphatic heterocycles. The molecule has 0 saturated heterocycles. The number of benzene rings is 1. The number of anilines is 2. The van der Waals surface area contributed by atoms with E-state index in [0.717, 1.165) is 28.5 Å². The average molecular weight is 335 g/mol. The Labute approximate surface area is 135 Å². The first-order chi connectivity index (χ1) is 10.7. The van der Waals surface area contributed by atoms with Crippen LogP contribution in [0.5, 0.6) is 5.75 Å². The van der Waals surface area contributed by atoms with Crippen LogP contribution in [0, 0.1) is 0 Å². The molecule has 0 saturated carbocycles. The second kappa shape index (κ2) is 5.33. The largest absolute Gasteiger partial charge is 0.482 e. The zero-order valence-electron chi connectivity index (χ0n) is 11.4. The number of carbonyl (C=O) groups is 1. The number of amides is 1. The molecule has 6 nitrogen and oxygen atoms in total. The first-order valence-electron chi connectivity index (χ1n) is 6.73. The fourth-order valence-corrected chi connectivity index (χ4v) is 3.54. The van der Waals surface area contributed by atoms with Crippen LogP contribution in [0.25, 0.3) is 0 Å². The molecule has 22 heavy (non-hydrogen) atoms. The summed E-state index contributed by atoms with van der Waals surface area (Å²) >= 11 is 7.39. The number of hydrogen-bond acceptors (Lipinski definition) is 6. The zero-order valence-corrected chi connectivity index (χ0v) is 12.9. The van der Waals surface area contributed by atoms with Gasteiger partial charge in [0, 0.05) is 11.4 Å². The number of fused-ring (bicyclic) bond motifs is 3. The summed E-state index contributed by atoms with van der Waals surface area (Å²) in [7, 11) is 0. The van der Waals surface area contributed by atoms with Crippen molar-refractivity contribution in [3.05, 3.63) is 29.0 Å². The molecule has 0 radical (unpaired) electrons. The van der Waals surface area contributed by atoms with E-state index >= 15 is 0 Å². The van der Waals surface area contributed by atoms with Gasteiger partial charge < -0.3 is 15.4 Å². The summed E-state index contributed by atoms with van der Waals surface area (Å²) in [4.78, 5) is 21.1. The maximum atomic E-state index is 11.5. The third-order valence-electron chi connectivity index (χ3n) is 3.40. The fourth-order valence-electron chi connectivity index (χ4n) is 2.41. The smallest absolute Gasteiger partial charge is 0.262 e. The van der Waals surface area contributed by atoms with Gasteiger partial charge in [-0.1, -0.05) is 23.4 Å². The van der Waals surface area contributed by atoms with Crippen LogP contribution >= 0.6 is 23.4 Å². The number of halogens is 1. The normalized spacial score (nSPS) is 16.0. The van der Waals surface area contributed by atoms with E-state index in [9.17, 15) is 4.79 Å². The topological polar surface area (TPSA) is 76.1 Å². The summed E-state index contributed by atoms with van der Waals surface area (Å²) < 4.78 is 5.47. The lowest BCUT2D eigenvalue weighted by atomic mass is 10.1. The van der Waals surface area contributed by atoms with Crippen molar-refractivity contribution in [2.45, 2.75) is 16.3 Å². The molecule has 0 fully saturated rings. The predicted octanol–water partition coefficient (Wildman–Crippen LogP) is 2.58. The summed E-state index contributed by atoms with van der Waals surface area (Å²) in [5.41, 5.74) is 1.84. The van der Waals surface area contributed by atoms with Crippen LogP contribution < -0.4 is 15.4 Å². The highest BCUT2D eigenvalue weighted by atomic mass is 35.5. The van der Waals surface area contributed by atoms with Gasteiger partial charge in [0.1, 0.15) is 15.9 Å².